The fraction of sp³-hybridized carbons (Fsp3) is 0.381. The summed E-state index contributed by atoms with van der Waals surface area (Å²) in [6.45, 7) is 3.50. The maximum atomic E-state index is 12.7. The maximum absolute atomic E-state index is 12.7. The monoisotopic (exact) mass is 429 g/mol. The number of hydrogen-bond acceptors (Lipinski definition) is 5. The summed E-state index contributed by atoms with van der Waals surface area (Å²) in [5.74, 6) is 0.315. The number of aromatic nitrogens is 2. The Kier molecular flexibility index (Phi) is 6.17. The highest BCUT2D eigenvalue weighted by Crippen LogP contribution is 2.22. The number of aliphatic hydroxyl groups excluding tert-OH is 1. The summed E-state index contributed by atoms with van der Waals surface area (Å²) in [6.07, 6.45) is 5.46. The molecule has 0 spiro atoms. The average Bonchev–Trinajstić information content (AvgIpc) is 3.35. The van der Waals surface area contributed by atoms with E-state index in [0.29, 0.717) is 55.0 Å². The Balaban J connectivity index is 1.36. The predicted molar refractivity (Wildman–Crippen MR) is 113 cm³/mol. The first-order valence-electron chi connectivity index (χ1n) is 9.97. The second-order valence-corrected chi connectivity index (χ2v) is 7.92. The van der Waals surface area contributed by atoms with Crippen molar-refractivity contribution in [3.05, 3.63) is 59.2 Å². The molecule has 3 heterocycles. The van der Waals surface area contributed by atoms with Gasteiger partial charge in [-0.2, -0.15) is 0 Å². The molecule has 30 heavy (non-hydrogen) atoms. The molecule has 0 unspecified atom stereocenters. The summed E-state index contributed by atoms with van der Waals surface area (Å²) in [5, 5.41) is 12.8. The van der Waals surface area contributed by atoms with Crippen LogP contribution < -0.4 is 5.32 Å². The zero-order valence-electron chi connectivity index (χ0n) is 16.5. The predicted octanol–water partition coefficient (Wildman–Crippen LogP) is 1.75. The van der Waals surface area contributed by atoms with Gasteiger partial charge in [0.1, 0.15) is 11.5 Å². The Labute approximate surface area is 179 Å². The van der Waals surface area contributed by atoms with Gasteiger partial charge in [0.25, 0.3) is 5.91 Å². The van der Waals surface area contributed by atoms with E-state index in [0.717, 1.165) is 13.0 Å². The smallest absolute Gasteiger partial charge is 0.273 e. The number of nitrogens with zero attached hydrogens (tertiary/aromatic N) is 4. The van der Waals surface area contributed by atoms with Crippen LogP contribution in [-0.2, 0) is 17.9 Å². The van der Waals surface area contributed by atoms with Crippen LogP contribution in [0.5, 0.6) is 0 Å². The molecule has 0 saturated carbocycles. The summed E-state index contributed by atoms with van der Waals surface area (Å²) in [7, 11) is 0. The van der Waals surface area contributed by atoms with E-state index in [1.54, 1.807) is 35.2 Å². The molecule has 1 aromatic heterocycles. The van der Waals surface area contributed by atoms with Crippen LogP contribution in [0.4, 0.5) is 5.69 Å². The lowest BCUT2D eigenvalue weighted by atomic mass is 10.3. The number of aliphatic hydroxyl groups is 1. The number of para-hydroxylation sites is 1. The third kappa shape index (κ3) is 4.56. The number of likely N-dealkylation sites (tertiary alicyclic amines) is 1. The summed E-state index contributed by atoms with van der Waals surface area (Å²) in [6, 6.07) is 7.05. The lowest BCUT2D eigenvalue weighted by molar-refractivity contribution is -0.127. The summed E-state index contributed by atoms with van der Waals surface area (Å²) in [4.78, 5) is 33.3. The zero-order chi connectivity index (χ0) is 21.1. The van der Waals surface area contributed by atoms with Crippen molar-refractivity contribution in [2.45, 2.75) is 25.6 Å². The number of nitrogens with one attached hydrogen (secondary N) is 1. The highest BCUT2D eigenvalue weighted by Gasteiger charge is 2.25. The first kappa shape index (κ1) is 20.6. The minimum absolute atomic E-state index is 0.0777. The van der Waals surface area contributed by atoms with Crippen molar-refractivity contribution < 1.29 is 14.7 Å². The van der Waals surface area contributed by atoms with Gasteiger partial charge in [0.05, 0.1) is 29.6 Å². The van der Waals surface area contributed by atoms with Gasteiger partial charge in [0.2, 0.25) is 5.91 Å². The number of hydrogen-bond donors (Lipinski definition) is 2. The molecule has 0 aliphatic carbocycles. The van der Waals surface area contributed by atoms with Gasteiger partial charge in [-0.05, 0) is 18.6 Å². The summed E-state index contributed by atoms with van der Waals surface area (Å²) < 4.78 is 1.84. The Morgan fingerprint density at radius 3 is 2.87 bits per heavy atom. The molecule has 2 N–H and O–H groups in total. The standard InChI is InChI=1S/C21H24ClN5O3/c22-16-4-1-2-5-17(16)24-21(30)18-12-23-19-14-26(10-11-27(18)19)20(29)6-3-8-25-9-7-15(28)13-25/h1-6,12,15,28H,7-11,13-14H2,(H,24,30)/b6-3+/t15-/m1/s1. The van der Waals surface area contributed by atoms with Crippen molar-refractivity contribution in [3.8, 4) is 0 Å². The van der Waals surface area contributed by atoms with E-state index in [1.165, 1.54) is 6.20 Å². The largest absolute Gasteiger partial charge is 0.392 e. The van der Waals surface area contributed by atoms with Crippen molar-refractivity contribution in [2.75, 3.05) is 31.5 Å². The molecule has 0 radical (unpaired) electrons. The van der Waals surface area contributed by atoms with E-state index < -0.39 is 0 Å². The molecule has 2 amide bonds. The molecule has 9 heteroatoms. The van der Waals surface area contributed by atoms with Gasteiger partial charge in [0.15, 0.2) is 0 Å². The second kappa shape index (κ2) is 8.99. The van der Waals surface area contributed by atoms with E-state index in [9.17, 15) is 14.7 Å². The van der Waals surface area contributed by atoms with E-state index in [-0.39, 0.29) is 17.9 Å². The SMILES string of the molecule is O=C(Nc1ccccc1Cl)c1cnc2n1CCN(C(=O)/C=C/CN1CC[C@@H](O)C1)C2. The average molecular weight is 430 g/mol. The number of rotatable bonds is 5. The van der Waals surface area contributed by atoms with Crippen molar-refractivity contribution in [3.63, 3.8) is 0 Å². The van der Waals surface area contributed by atoms with Gasteiger partial charge in [-0.25, -0.2) is 4.98 Å². The van der Waals surface area contributed by atoms with Crippen LogP contribution in [0.2, 0.25) is 5.02 Å². The quantitative estimate of drug-likeness (QED) is 0.707. The molecule has 8 nitrogen and oxygen atoms in total. The topological polar surface area (TPSA) is 90.7 Å². The van der Waals surface area contributed by atoms with E-state index >= 15 is 0 Å². The number of halogens is 1. The van der Waals surface area contributed by atoms with Crippen LogP contribution in [0.25, 0.3) is 0 Å². The number of anilines is 1. The van der Waals surface area contributed by atoms with Gasteiger partial charge in [-0.15, -0.1) is 0 Å². The molecule has 1 fully saturated rings. The Bertz CT molecular complexity index is 973. The fourth-order valence-corrected chi connectivity index (χ4v) is 3.95. The van der Waals surface area contributed by atoms with Crippen molar-refractivity contribution >= 4 is 29.1 Å². The molecule has 158 valence electrons. The number of carbonyl (C=O) groups excluding carboxylic acids is 2. The Hall–Kier alpha value is -2.68. The van der Waals surface area contributed by atoms with E-state index in [1.807, 2.05) is 10.6 Å². The molecular formula is C21H24ClN5O3. The minimum atomic E-state index is -0.283. The van der Waals surface area contributed by atoms with Crippen LogP contribution in [0.3, 0.4) is 0 Å². The molecule has 2 aliphatic rings. The lowest BCUT2D eigenvalue weighted by Gasteiger charge is -2.27. The first-order chi connectivity index (χ1) is 14.5. The highest BCUT2D eigenvalue weighted by molar-refractivity contribution is 6.33. The van der Waals surface area contributed by atoms with Gasteiger partial charge < -0.3 is 19.9 Å². The number of carbonyl (C=O) groups is 2. The van der Waals surface area contributed by atoms with Gasteiger partial charge in [0, 0.05) is 38.8 Å². The first-order valence-corrected chi connectivity index (χ1v) is 10.3. The van der Waals surface area contributed by atoms with Gasteiger partial charge >= 0.3 is 0 Å². The number of β-amino-alcohol motifs (C(OH)–C–C–N with tert-alkyl or cyclic N) is 1. The minimum Gasteiger partial charge on any atom is -0.392 e. The molecule has 0 bridgehead atoms. The van der Waals surface area contributed by atoms with Crippen LogP contribution in [0.15, 0.2) is 42.6 Å². The second-order valence-electron chi connectivity index (χ2n) is 7.51. The summed E-state index contributed by atoms with van der Waals surface area (Å²) >= 11 is 6.11. The number of benzene rings is 1. The van der Waals surface area contributed by atoms with E-state index in [2.05, 4.69) is 15.2 Å². The molecule has 1 aromatic carbocycles. The molecule has 4 rings (SSSR count). The van der Waals surface area contributed by atoms with Crippen molar-refractivity contribution in [1.82, 2.24) is 19.4 Å². The molecule has 1 atom stereocenters. The maximum Gasteiger partial charge on any atom is 0.273 e. The molecule has 2 aromatic rings. The lowest BCUT2D eigenvalue weighted by Crippen LogP contribution is -2.38. The molecular weight excluding hydrogens is 406 g/mol. The molecule has 1 saturated heterocycles. The number of imidazole rings is 1. The zero-order valence-corrected chi connectivity index (χ0v) is 17.3. The van der Waals surface area contributed by atoms with Crippen molar-refractivity contribution in [2.24, 2.45) is 0 Å². The summed E-state index contributed by atoms with van der Waals surface area (Å²) in [5.41, 5.74) is 0.989. The van der Waals surface area contributed by atoms with Crippen LogP contribution >= 0.6 is 11.6 Å². The molecule has 2 aliphatic heterocycles. The van der Waals surface area contributed by atoms with Crippen LogP contribution in [0, 0.1) is 0 Å². The Morgan fingerprint density at radius 1 is 1.27 bits per heavy atom. The normalized spacial score (nSPS) is 19.3. The third-order valence-electron chi connectivity index (χ3n) is 5.40. The highest BCUT2D eigenvalue weighted by atomic mass is 35.5. The number of amides is 2. The van der Waals surface area contributed by atoms with Crippen LogP contribution in [0.1, 0.15) is 22.7 Å². The van der Waals surface area contributed by atoms with Gasteiger partial charge in [-0.3, -0.25) is 14.5 Å². The van der Waals surface area contributed by atoms with Gasteiger partial charge in [-0.1, -0.05) is 29.8 Å². The van der Waals surface area contributed by atoms with Crippen molar-refractivity contribution in [1.29, 1.82) is 0 Å². The van der Waals surface area contributed by atoms with Crippen LogP contribution in [-0.4, -0.2) is 68.6 Å². The third-order valence-corrected chi connectivity index (χ3v) is 5.73. The number of fused-ring (bicyclic) bond motifs is 1. The fourth-order valence-electron chi connectivity index (χ4n) is 3.76. The Morgan fingerprint density at radius 2 is 2.10 bits per heavy atom. The van der Waals surface area contributed by atoms with E-state index in [4.69, 9.17) is 11.6 Å².